The van der Waals surface area contributed by atoms with Crippen molar-refractivity contribution in [2.75, 3.05) is 23.9 Å². The van der Waals surface area contributed by atoms with E-state index in [9.17, 15) is 18.0 Å². The molecule has 12 heteroatoms. The van der Waals surface area contributed by atoms with Crippen molar-refractivity contribution >= 4 is 50.7 Å². The molecule has 0 aliphatic carbocycles. The molecule has 1 heterocycles. The molecule has 214 valence electrons. The highest BCUT2D eigenvalue weighted by molar-refractivity contribution is 7.92. The van der Waals surface area contributed by atoms with Gasteiger partial charge in [-0.3, -0.25) is 13.9 Å². The van der Waals surface area contributed by atoms with Crippen LogP contribution in [0.25, 0.3) is 0 Å². The number of carbonyl (C=O) groups is 2. The van der Waals surface area contributed by atoms with Crippen LogP contribution in [0.1, 0.15) is 52.5 Å². The van der Waals surface area contributed by atoms with E-state index in [1.807, 2.05) is 27.7 Å². The first-order chi connectivity index (χ1) is 18.2. The number of fused-ring (bicyclic) bond motifs is 1. The number of halogens is 2. The molecule has 0 aromatic heterocycles. The first-order valence-electron chi connectivity index (χ1n) is 12.6. The number of carbonyl (C=O) groups excluding carboxylic acids is 2. The summed E-state index contributed by atoms with van der Waals surface area (Å²) in [4.78, 5) is 28.3. The van der Waals surface area contributed by atoms with E-state index in [-0.39, 0.29) is 44.5 Å². The van der Waals surface area contributed by atoms with Crippen LogP contribution in [0.3, 0.4) is 0 Å². The number of nitrogens with zero attached hydrogens (tertiary/aromatic N) is 2. The third-order valence-corrected chi connectivity index (χ3v) is 7.97. The van der Waals surface area contributed by atoms with Crippen LogP contribution in [0.4, 0.5) is 5.69 Å². The minimum Gasteiger partial charge on any atom is -0.454 e. The molecule has 0 radical (unpaired) electrons. The van der Waals surface area contributed by atoms with Gasteiger partial charge in [0.15, 0.2) is 11.5 Å². The number of amides is 2. The van der Waals surface area contributed by atoms with Gasteiger partial charge in [0, 0.05) is 46.7 Å². The van der Waals surface area contributed by atoms with E-state index in [2.05, 4.69) is 5.32 Å². The summed E-state index contributed by atoms with van der Waals surface area (Å²) >= 11 is 12.8. The maximum absolute atomic E-state index is 13.6. The molecule has 2 aromatic carbocycles. The normalized spacial score (nSPS) is 13.6. The Morgan fingerprint density at radius 1 is 1.08 bits per heavy atom. The van der Waals surface area contributed by atoms with Crippen molar-refractivity contribution in [1.29, 1.82) is 0 Å². The number of benzene rings is 2. The van der Waals surface area contributed by atoms with Gasteiger partial charge in [-0.15, -0.1) is 0 Å². The van der Waals surface area contributed by atoms with Crippen molar-refractivity contribution in [2.45, 2.75) is 65.1 Å². The van der Waals surface area contributed by atoms with Gasteiger partial charge in [0.25, 0.3) is 0 Å². The van der Waals surface area contributed by atoms with E-state index < -0.39 is 21.6 Å². The second kappa shape index (κ2) is 12.7. The minimum atomic E-state index is -3.66. The lowest BCUT2D eigenvalue weighted by molar-refractivity contribution is -0.142. The molecule has 0 fully saturated rings. The zero-order valence-electron chi connectivity index (χ0n) is 22.8. The maximum atomic E-state index is 13.6. The molecule has 0 saturated carbocycles. The van der Waals surface area contributed by atoms with Crippen molar-refractivity contribution in [3.05, 3.63) is 52.0 Å². The van der Waals surface area contributed by atoms with Crippen LogP contribution in [0, 0.1) is 0 Å². The summed E-state index contributed by atoms with van der Waals surface area (Å²) in [6.45, 7) is 7.58. The number of rotatable bonds is 11. The largest absolute Gasteiger partial charge is 0.454 e. The van der Waals surface area contributed by atoms with Crippen molar-refractivity contribution in [2.24, 2.45) is 0 Å². The first-order valence-corrected chi connectivity index (χ1v) is 15.2. The zero-order chi connectivity index (χ0) is 29.0. The lowest BCUT2D eigenvalue weighted by atomic mass is 10.0. The summed E-state index contributed by atoms with van der Waals surface area (Å²) in [6, 6.07) is 9.17. The molecule has 39 heavy (non-hydrogen) atoms. The molecule has 1 aliphatic heterocycles. The Bertz CT molecular complexity index is 1290. The summed E-state index contributed by atoms with van der Waals surface area (Å²) in [6.07, 6.45) is 1.68. The Hall–Kier alpha value is -2.69. The number of hydrogen-bond acceptors (Lipinski definition) is 6. The van der Waals surface area contributed by atoms with Gasteiger partial charge in [-0.2, -0.15) is 0 Å². The third-order valence-electron chi connectivity index (χ3n) is 6.07. The fourth-order valence-corrected chi connectivity index (χ4v) is 5.74. The van der Waals surface area contributed by atoms with Gasteiger partial charge in [-0.1, -0.05) is 36.2 Å². The monoisotopic (exact) mass is 599 g/mol. The van der Waals surface area contributed by atoms with Crippen LogP contribution < -0.4 is 19.1 Å². The molecular weight excluding hydrogens is 565 g/mol. The molecular formula is C27H35Cl2N3O6S. The number of hydrogen-bond donors (Lipinski definition) is 1. The van der Waals surface area contributed by atoms with Crippen LogP contribution in [0.15, 0.2) is 36.4 Å². The highest BCUT2D eigenvalue weighted by atomic mass is 35.5. The second-order valence-corrected chi connectivity index (χ2v) is 13.1. The van der Waals surface area contributed by atoms with Gasteiger partial charge in [0.05, 0.1) is 11.9 Å². The molecule has 0 bridgehead atoms. The lowest BCUT2D eigenvalue weighted by Gasteiger charge is -2.33. The summed E-state index contributed by atoms with van der Waals surface area (Å²) < 4.78 is 37.1. The molecule has 1 unspecified atom stereocenters. The second-order valence-electron chi connectivity index (χ2n) is 10.4. The molecule has 1 N–H and O–H groups in total. The topological polar surface area (TPSA) is 105 Å². The fraction of sp³-hybridized carbons (Fsp3) is 0.481. The Kier molecular flexibility index (Phi) is 10.0. The van der Waals surface area contributed by atoms with E-state index in [4.69, 9.17) is 32.7 Å². The molecule has 9 nitrogen and oxygen atoms in total. The van der Waals surface area contributed by atoms with Gasteiger partial charge in [0.2, 0.25) is 28.6 Å². The van der Waals surface area contributed by atoms with E-state index in [1.54, 1.807) is 36.4 Å². The van der Waals surface area contributed by atoms with Crippen LogP contribution in [0.2, 0.25) is 10.0 Å². The van der Waals surface area contributed by atoms with Crippen LogP contribution in [-0.2, 0) is 26.2 Å². The zero-order valence-corrected chi connectivity index (χ0v) is 25.1. The van der Waals surface area contributed by atoms with Crippen LogP contribution in [0.5, 0.6) is 11.5 Å². The first kappa shape index (κ1) is 30.8. The van der Waals surface area contributed by atoms with Crippen LogP contribution in [-0.4, -0.2) is 56.3 Å². The summed E-state index contributed by atoms with van der Waals surface area (Å²) in [7, 11) is -3.66. The van der Waals surface area contributed by atoms with Gasteiger partial charge < -0.3 is 19.7 Å². The summed E-state index contributed by atoms with van der Waals surface area (Å²) in [5, 5.41) is 3.72. The number of nitrogens with one attached hydrogen (secondary N) is 1. The SMILES string of the molecule is CCC(C(=O)NC(C)(C)C)N(Cc1c(Cl)cccc1Cl)C(=O)CCCN(c1ccc2c(c1)OCO2)S(C)(=O)=O. The molecule has 2 aromatic rings. The van der Waals surface area contributed by atoms with Crippen molar-refractivity contribution in [3.8, 4) is 11.5 Å². The van der Waals surface area contributed by atoms with Crippen molar-refractivity contribution in [3.63, 3.8) is 0 Å². The predicted molar refractivity (Wildman–Crippen MR) is 153 cm³/mol. The average molecular weight is 601 g/mol. The lowest BCUT2D eigenvalue weighted by Crippen LogP contribution is -2.53. The van der Waals surface area contributed by atoms with E-state index in [0.29, 0.717) is 39.2 Å². The molecule has 0 saturated heterocycles. The predicted octanol–water partition coefficient (Wildman–Crippen LogP) is 4.99. The number of anilines is 1. The average Bonchev–Trinajstić information content (AvgIpc) is 3.29. The molecule has 3 rings (SSSR count). The maximum Gasteiger partial charge on any atom is 0.243 e. The summed E-state index contributed by atoms with van der Waals surface area (Å²) in [5.74, 6) is 0.381. The van der Waals surface area contributed by atoms with Gasteiger partial charge in [0.1, 0.15) is 6.04 Å². The van der Waals surface area contributed by atoms with Crippen LogP contribution >= 0.6 is 23.2 Å². The number of sulfonamides is 1. The Labute approximate surface area is 240 Å². The Morgan fingerprint density at radius 2 is 1.72 bits per heavy atom. The Morgan fingerprint density at radius 3 is 2.31 bits per heavy atom. The number of ether oxygens (including phenoxy) is 2. The highest BCUT2D eigenvalue weighted by Crippen LogP contribution is 2.36. The van der Waals surface area contributed by atoms with E-state index >= 15 is 0 Å². The van der Waals surface area contributed by atoms with Gasteiger partial charge in [-0.25, -0.2) is 8.42 Å². The van der Waals surface area contributed by atoms with E-state index in [1.165, 1.54) is 9.21 Å². The summed E-state index contributed by atoms with van der Waals surface area (Å²) in [5.41, 5.74) is 0.446. The van der Waals surface area contributed by atoms with Crippen molar-refractivity contribution in [1.82, 2.24) is 10.2 Å². The molecule has 1 aliphatic rings. The highest BCUT2D eigenvalue weighted by Gasteiger charge is 2.31. The van der Waals surface area contributed by atoms with Gasteiger partial charge in [-0.05, 0) is 57.9 Å². The standard InChI is InChI=1S/C27H35Cl2N3O6S/c1-6-22(26(34)30-27(2,3)4)31(16-19-20(28)9-7-10-21(19)29)25(33)11-8-14-32(39(5,35)36)18-12-13-23-24(15-18)38-17-37-23/h7,9-10,12-13,15,22H,6,8,11,14,16-17H2,1-5H3,(H,30,34). The minimum absolute atomic E-state index is 0.00204. The quantitative estimate of drug-likeness (QED) is 0.390. The van der Waals surface area contributed by atoms with Crippen molar-refractivity contribution < 1.29 is 27.5 Å². The smallest absolute Gasteiger partial charge is 0.243 e. The molecule has 1 atom stereocenters. The fourth-order valence-electron chi connectivity index (χ4n) is 4.27. The molecule has 2 amide bonds. The Balaban J connectivity index is 1.82. The molecule has 0 spiro atoms. The van der Waals surface area contributed by atoms with E-state index in [0.717, 1.165) is 6.26 Å². The third kappa shape index (κ3) is 8.16. The van der Waals surface area contributed by atoms with Gasteiger partial charge >= 0.3 is 0 Å².